The monoisotopic (exact) mass is 306 g/mol. The first-order valence-electron chi connectivity index (χ1n) is 6.61. The number of alkyl halides is 3. The summed E-state index contributed by atoms with van der Waals surface area (Å²) in [5.74, 6) is 0. The number of halogens is 4. The van der Waals surface area contributed by atoms with Gasteiger partial charge in [0, 0.05) is 29.3 Å². The van der Waals surface area contributed by atoms with E-state index in [4.69, 9.17) is 11.6 Å². The molecular formula is C14H18ClF3N2. The van der Waals surface area contributed by atoms with Crippen molar-refractivity contribution in [3.05, 3.63) is 28.8 Å². The average Bonchev–Trinajstić information content (AvgIpc) is 2.35. The third kappa shape index (κ3) is 3.58. The van der Waals surface area contributed by atoms with Crippen LogP contribution in [0.25, 0.3) is 0 Å². The minimum Gasteiger partial charge on any atom is -0.382 e. The van der Waals surface area contributed by atoms with E-state index in [9.17, 15) is 13.2 Å². The Kier molecular flexibility index (Phi) is 4.49. The van der Waals surface area contributed by atoms with Crippen molar-refractivity contribution in [3.8, 4) is 0 Å². The molecule has 0 aromatic heterocycles. The van der Waals surface area contributed by atoms with Crippen LogP contribution >= 0.6 is 11.6 Å². The fraction of sp³-hybridized carbons (Fsp3) is 0.571. The summed E-state index contributed by atoms with van der Waals surface area (Å²) in [7, 11) is 2.03. The van der Waals surface area contributed by atoms with Crippen LogP contribution < -0.4 is 5.32 Å². The van der Waals surface area contributed by atoms with E-state index >= 15 is 0 Å². The van der Waals surface area contributed by atoms with Crippen LogP contribution in [-0.2, 0) is 6.18 Å². The number of benzene rings is 1. The minimum atomic E-state index is -4.40. The molecule has 1 aliphatic rings. The maximum absolute atomic E-state index is 13.0. The van der Waals surface area contributed by atoms with Crippen LogP contribution in [0.2, 0.25) is 5.02 Å². The van der Waals surface area contributed by atoms with Crippen LogP contribution in [0.15, 0.2) is 18.2 Å². The zero-order valence-electron chi connectivity index (χ0n) is 11.5. The summed E-state index contributed by atoms with van der Waals surface area (Å²) < 4.78 is 39.0. The Balaban J connectivity index is 2.17. The molecule has 1 fully saturated rings. The molecule has 6 heteroatoms. The molecule has 1 N–H and O–H groups in total. The topological polar surface area (TPSA) is 15.3 Å². The molecule has 2 atom stereocenters. The first kappa shape index (κ1) is 15.4. The summed E-state index contributed by atoms with van der Waals surface area (Å²) in [6.07, 6.45) is -2.73. The van der Waals surface area contributed by atoms with Gasteiger partial charge in [0.15, 0.2) is 0 Å². The van der Waals surface area contributed by atoms with Gasteiger partial charge in [-0.15, -0.1) is 0 Å². The summed E-state index contributed by atoms with van der Waals surface area (Å²) in [6, 6.07) is 4.29. The van der Waals surface area contributed by atoms with Crippen molar-refractivity contribution >= 4 is 17.3 Å². The van der Waals surface area contributed by atoms with Gasteiger partial charge in [0.1, 0.15) is 0 Å². The molecule has 20 heavy (non-hydrogen) atoms. The number of hydrogen-bond donors (Lipinski definition) is 1. The fourth-order valence-corrected chi connectivity index (χ4v) is 2.69. The van der Waals surface area contributed by atoms with Gasteiger partial charge in [-0.3, -0.25) is 0 Å². The van der Waals surface area contributed by atoms with Crippen molar-refractivity contribution in [2.75, 3.05) is 18.9 Å². The molecule has 1 saturated heterocycles. The second-order valence-corrected chi connectivity index (χ2v) is 5.82. The first-order chi connectivity index (χ1) is 9.27. The first-order valence-corrected chi connectivity index (χ1v) is 6.98. The van der Waals surface area contributed by atoms with Crippen LogP contribution in [0, 0.1) is 0 Å². The normalized spacial score (nSPS) is 24.7. The molecular weight excluding hydrogens is 289 g/mol. The smallest absolute Gasteiger partial charge is 0.382 e. The van der Waals surface area contributed by atoms with Crippen molar-refractivity contribution in [2.45, 2.75) is 38.0 Å². The zero-order valence-corrected chi connectivity index (χ0v) is 12.2. The molecule has 2 nitrogen and oxygen atoms in total. The van der Waals surface area contributed by atoms with Crippen molar-refractivity contribution in [1.82, 2.24) is 4.90 Å². The van der Waals surface area contributed by atoms with E-state index < -0.39 is 11.7 Å². The van der Waals surface area contributed by atoms with E-state index in [0.29, 0.717) is 6.04 Å². The Morgan fingerprint density at radius 2 is 2.05 bits per heavy atom. The number of likely N-dealkylation sites (tertiary alicyclic amines) is 1. The van der Waals surface area contributed by atoms with Crippen molar-refractivity contribution in [3.63, 3.8) is 0 Å². The largest absolute Gasteiger partial charge is 0.418 e. The second kappa shape index (κ2) is 5.82. The molecule has 0 amide bonds. The highest BCUT2D eigenvalue weighted by molar-refractivity contribution is 6.30. The predicted octanol–water partition coefficient (Wildman–Crippen LogP) is 4.25. The molecule has 0 saturated carbocycles. The Hall–Kier alpha value is -0.940. The maximum atomic E-state index is 13.0. The van der Waals surface area contributed by atoms with Gasteiger partial charge in [-0.05, 0) is 45.0 Å². The molecule has 0 aliphatic carbocycles. The van der Waals surface area contributed by atoms with Crippen LogP contribution in [0.1, 0.15) is 25.3 Å². The number of anilines is 1. The summed E-state index contributed by atoms with van der Waals surface area (Å²) >= 11 is 5.67. The van der Waals surface area contributed by atoms with E-state index in [2.05, 4.69) is 17.1 Å². The van der Waals surface area contributed by atoms with E-state index in [1.54, 1.807) is 0 Å². The Bertz CT molecular complexity index is 476. The predicted molar refractivity (Wildman–Crippen MR) is 75.2 cm³/mol. The highest BCUT2D eigenvalue weighted by Crippen LogP contribution is 2.37. The standard InChI is InChI=1S/C14H18ClF3N2/c1-9-7-11(5-6-20(9)2)19-13-4-3-10(15)8-12(13)14(16,17)18/h3-4,8-9,11,19H,5-7H2,1-2H3. The van der Waals surface area contributed by atoms with Crippen LogP contribution in [0.5, 0.6) is 0 Å². The number of piperidine rings is 1. The summed E-state index contributed by atoms with van der Waals surface area (Å²) in [5.41, 5.74) is -0.583. The van der Waals surface area contributed by atoms with Crippen molar-refractivity contribution in [1.29, 1.82) is 0 Å². The molecule has 112 valence electrons. The van der Waals surface area contributed by atoms with Gasteiger partial charge in [-0.1, -0.05) is 11.6 Å². The maximum Gasteiger partial charge on any atom is 0.418 e. The van der Waals surface area contributed by atoms with Gasteiger partial charge in [-0.2, -0.15) is 13.2 Å². The molecule has 1 aromatic rings. The van der Waals surface area contributed by atoms with Gasteiger partial charge < -0.3 is 10.2 Å². The Labute approximate surface area is 121 Å². The zero-order chi connectivity index (χ0) is 14.9. The molecule has 1 aliphatic heterocycles. The number of nitrogens with zero attached hydrogens (tertiary/aromatic N) is 1. The van der Waals surface area contributed by atoms with Crippen molar-refractivity contribution < 1.29 is 13.2 Å². The highest BCUT2D eigenvalue weighted by atomic mass is 35.5. The van der Waals surface area contributed by atoms with E-state index in [1.165, 1.54) is 12.1 Å². The lowest BCUT2D eigenvalue weighted by Gasteiger charge is -2.36. The minimum absolute atomic E-state index is 0.0588. The van der Waals surface area contributed by atoms with E-state index in [-0.39, 0.29) is 16.8 Å². The summed E-state index contributed by atoms with van der Waals surface area (Å²) in [4.78, 5) is 2.21. The summed E-state index contributed by atoms with van der Waals surface area (Å²) in [6.45, 7) is 2.97. The van der Waals surface area contributed by atoms with Gasteiger partial charge in [0.2, 0.25) is 0 Å². The Morgan fingerprint density at radius 3 is 2.65 bits per heavy atom. The van der Waals surface area contributed by atoms with E-state index in [0.717, 1.165) is 25.5 Å². The third-order valence-corrected chi connectivity index (χ3v) is 4.09. The van der Waals surface area contributed by atoms with Gasteiger partial charge in [0.25, 0.3) is 0 Å². The molecule has 1 aromatic carbocycles. The number of nitrogens with one attached hydrogen (secondary N) is 1. The quantitative estimate of drug-likeness (QED) is 0.878. The van der Waals surface area contributed by atoms with Crippen LogP contribution in [0.3, 0.4) is 0 Å². The lowest BCUT2D eigenvalue weighted by atomic mass is 9.98. The number of rotatable bonds is 2. The highest BCUT2D eigenvalue weighted by Gasteiger charge is 2.34. The Morgan fingerprint density at radius 1 is 1.35 bits per heavy atom. The van der Waals surface area contributed by atoms with E-state index in [1.807, 2.05) is 7.05 Å². The second-order valence-electron chi connectivity index (χ2n) is 5.38. The SMILES string of the molecule is CC1CC(Nc2ccc(Cl)cc2C(F)(F)F)CCN1C. The third-order valence-electron chi connectivity index (χ3n) is 3.85. The molecule has 0 radical (unpaired) electrons. The molecule has 0 bridgehead atoms. The lowest BCUT2D eigenvalue weighted by molar-refractivity contribution is -0.137. The molecule has 1 heterocycles. The molecule has 0 spiro atoms. The fourth-order valence-electron chi connectivity index (χ4n) is 2.52. The van der Waals surface area contributed by atoms with Gasteiger partial charge in [0.05, 0.1) is 5.56 Å². The van der Waals surface area contributed by atoms with Gasteiger partial charge in [-0.25, -0.2) is 0 Å². The van der Waals surface area contributed by atoms with Gasteiger partial charge >= 0.3 is 6.18 Å². The van der Waals surface area contributed by atoms with Crippen molar-refractivity contribution in [2.24, 2.45) is 0 Å². The summed E-state index contributed by atoms with van der Waals surface area (Å²) in [5, 5.41) is 3.13. The molecule has 2 rings (SSSR count). The number of hydrogen-bond acceptors (Lipinski definition) is 2. The van der Waals surface area contributed by atoms with Crippen LogP contribution in [-0.4, -0.2) is 30.6 Å². The average molecular weight is 307 g/mol. The van der Waals surface area contributed by atoms with Crippen LogP contribution in [0.4, 0.5) is 18.9 Å². The molecule has 2 unspecified atom stereocenters. The lowest BCUT2D eigenvalue weighted by Crippen LogP contribution is -2.42.